The molecule has 0 aromatic rings. The molecule has 3 heteroatoms. The summed E-state index contributed by atoms with van der Waals surface area (Å²) in [4.78, 5) is 13.2. The first-order valence-electron chi connectivity index (χ1n) is 12.4. The van der Waals surface area contributed by atoms with Crippen LogP contribution in [0.1, 0.15) is 79.1 Å². The van der Waals surface area contributed by atoms with Gasteiger partial charge >= 0.3 is 0 Å². The molecule has 3 fully saturated rings. The van der Waals surface area contributed by atoms with E-state index >= 15 is 0 Å². The fourth-order valence-corrected chi connectivity index (χ4v) is 8.93. The molecule has 0 saturated heterocycles. The molecule has 0 bridgehead atoms. The molecule has 0 amide bonds. The number of carbonyl (C=O) groups excluding carboxylic acids is 1. The van der Waals surface area contributed by atoms with E-state index in [4.69, 9.17) is 0 Å². The minimum atomic E-state index is -0.145. The Hall–Kier alpha value is -0.930. The Morgan fingerprint density at radius 3 is 2.67 bits per heavy atom. The molecule has 0 aromatic carbocycles. The number of aliphatic hydroxyl groups excluding tert-OH is 2. The first-order valence-corrected chi connectivity index (χ1v) is 12.4. The fourth-order valence-electron chi connectivity index (χ4n) is 8.93. The molecule has 166 valence electrons. The van der Waals surface area contributed by atoms with E-state index in [0.717, 1.165) is 50.0 Å². The standard InChI is InChI=1S/C27H40O3/c1-15(14-28)11-21-20-13-23-19-6-5-17-12-18(29)7-9-26(17,3)22(19)8-10-27(23,4)24(20)16(2)25(21)30/h5,15-16,18-19,22-24,28-29H,6-14H2,1-4H3/t15-,16-,18-,19-,22+,23+,24+,26-,27-/m0/s1. The van der Waals surface area contributed by atoms with E-state index in [2.05, 4.69) is 33.8 Å². The van der Waals surface area contributed by atoms with Gasteiger partial charge in [-0.25, -0.2) is 0 Å². The second-order valence-electron chi connectivity index (χ2n) is 12.0. The second kappa shape index (κ2) is 7.04. The van der Waals surface area contributed by atoms with Crippen molar-refractivity contribution in [3.8, 4) is 0 Å². The maximum atomic E-state index is 13.2. The van der Waals surface area contributed by atoms with E-state index in [1.165, 1.54) is 24.0 Å². The first kappa shape index (κ1) is 20.9. The molecule has 0 heterocycles. The van der Waals surface area contributed by atoms with Crippen LogP contribution in [0.5, 0.6) is 0 Å². The van der Waals surface area contributed by atoms with Crippen molar-refractivity contribution in [2.45, 2.75) is 85.2 Å². The van der Waals surface area contributed by atoms with Gasteiger partial charge in [0.2, 0.25) is 0 Å². The molecular formula is C27H40O3. The quantitative estimate of drug-likeness (QED) is 0.636. The summed E-state index contributed by atoms with van der Waals surface area (Å²) in [5.41, 5.74) is 4.60. The van der Waals surface area contributed by atoms with Crippen molar-refractivity contribution in [3.05, 3.63) is 22.8 Å². The molecule has 30 heavy (non-hydrogen) atoms. The van der Waals surface area contributed by atoms with Gasteiger partial charge in [-0.1, -0.05) is 44.9 Å². The molecule has 0 aromatic heterocycles. The zero-order chi connectivity index (χ0) is 21.4. The Labute approximate surface area is 182 Å². The highest BCUT2D eigenvalue weighted by molar-refractivity contribution is 6.01. The second-order valence-corrected chi connectivity index (χ2v) is 12.0. The van der Waals surface area contributed by atoms with Gasteiger partial charge in [0.05, 0.1) is 6.10 Å². The lowest BCUT2D eigenvalue weighted by Crippen LogP contribution is -2.51. The normalized spacial score (nSPS) is 48.6. The van der Waals surface area contributed by atoms with Gasteiger partial charge in [0.25, 0.3) is 0 Å². The first-order chi connectivity index (χ1) is 14.2. The molecule has 0 spiro atoms. The van der Waals surface area contributed by atoms with Crippen molar-refractivity contribution in [2.75, 3.05) is 6.61 Å². The SMILES string of the molecule is C[C@H](CO)CC1=C2C[C@@H]3[C@H]4CC=C5C[C@@H](O)CC[C@]5(C)[C@@H]4CC[C@]3(C)[C@@H]2[C@H](C)C1=O. The smallest absolute Gasteiger partial charge is 0.162 e. The van der Waals surface area contributed by atoms with Crippen LogP contribution < -0.4 is 0 Å². The predicted molar refractivity (Wildman–Crippen MR) is 119 cm³/mol. The monoisotopic (exact) mass is 412 g/mol. The predicted octanol–water partition coefficient (Wildman–Crippen LogP) is 5.07. The molecule has 9 atom stereocenters. The highest BCUT2D eigenvalue weighted by atomic mass is 16.3. The summed E-state index contributed by atoms with van der Waals surface area (Å²) in [6.07, 6.45) is 10.8. The third-order valence-corrected chi connectivity index (χ3v) is 10.5. The number of carbonyl (C=O) groups is 1. The highest BCUT2D eigenvalue weighted by Gasteiger charge is 2.63. The number of aliphatic hydroxyl groups is 2. The lowest BCUT2D eigenvalue weighted by atomic mass is 9.47. The van der Waals surface area contributed by atoms with E-state index in [1.807, 2.05) is 0 Å². The largest absolute Gasteiger partial charge is 0.396 e. The van der Waals surface area contributed by atoms with Gasteiger partial charge in [-0.2, -0.15) is 0 Å². The third-order valence-electron chi connectivity index (χ3n) is 10.5. The van der Waals surface area contributed by atoms with Crippen LogP contribution in [0.3, 0.4) is 0 Å². The van der Waals surface area contributed by atoms with Crippen molar-refractivity contribution in [1.82, 2.24) is 0 Å². The molecule has 3 nitrogen and oxygen atoms in total. The molecule has 3 saturated carbocycles. The van der Waals surface area contributed by atoms with E-state index in [-0.39, 0.29) is 35.4 Å². The molecule has 5 aliphatic carbocycles. The zero-order valence-corrected chi connectivity index (χ0v) is 19.3. The van der Waals surface area contributed by atoms with Crippen molar-refractivity contribution in [1.29, 1.82) is 0 Å². The number of fused-ring (bicyclic) bond motifs is 7. The van der Waals surface area contributed by atoms with Crippen LogP contribution in [0.4, 0.5) is 0 Å². The van der Waals surface area contributed by atoms with Crippen molar-refractivity contribution >= 4 is 5.78 Å². The van der Waals surface area contributed by atoms with E-state index < -0.39 is 0 Å². The number of rotatable bonds is 3. The van der Waals surface area contributed by atoms with Gasteiger partial charge in [-0.15, -0.1) is 0 Å². The van der Waals surface area contributed by atoms with Crippen molar-refractivity contribution < 1.29 is 15.0 Å². The Morgan fingerprint density at radius 1 is 1.17 bits per heavy atom. The minimum absolute atomic E-state index is 0.113. The van der Waals surface area contributed by atoms with Crippen LogP contribution in [-0.2, 0) is 4.79 Å². The number of hydrogen-bond donors (Lipinski definition) is 2. The summed E-state index contributed by atoms with van der Waals surface area (Å²) in [6.45, 7) is 9.38. The summed E-state index contributed by atoms with van der Waals surface area (Å²) in [5.74, 6) is 3.19. The van der Waals surface area contributed by atoms with Crippen LogP contribution in [0, 0.1) is 46.3 Å². The molecule has 0 unspecified atom stereocenters. The van der Waals surface area contributed by atoms with Gasteiger partial charge in [-0.05, 0) is 97.4 Å². The Morgan fingerprint density at radius 2 is 1.93 bits per heavy atom. The van der Waals surface area contributed by atoms with E-state index in [9.17, 15) is 15.0 Å². The van der Waals surface area contributed by atoms with Crippen molar-refractivity contribution in [2.24, 2.45) is 46.3 Å². The fraction of sp³-hybridized carbons (Fsp3) is 0.815. The lowest BCUT2D eigenvalue weighted by Gasteiger charge is -2.58. The number of Topliss-reactive ketones (excluding diaryl/α,β-unsaturated/α-hetero) is 1. The zero-order valence-electron chi connectivity index (χ0n) is 19.3. The van der Waals surface area contributed by atoms with E-state index in [0.29, 0.717) is 23.5 Å². The highest BCUT2D eigenvalue weighted by Crippen LogP contribution is 2.70. The Bertz CT molecular complexity index is 809. The van der Waals surface area contributed by atoms with Crippen LogP contribution in [0.2, 0.25) is 0 Å². The van der Waals surface area contributed by atoms with Gasteiger partial charge in [0.15, 0.2) is 5.78 Å². The minimum Gasteiger partial charge on any atom is -0.396 e. The molecule has 5 rings (SSSR count). The Kier molecular flexibility index (Phi) is 4.91. The van der Waals surface area contributed by atoms with Gasteiger partial charge < -0.3 is 10.2 Å². The number of hydrogen-bond acceptors (Lipinski definition) is 3. The summed E-state index contributed by atoms with van der Waals surface area (Å²) in [7, 11) is 0. The van der Waals surface area contributed by atoms with Crippen molar-refractivity contribution in [3.63, 3.8) is 0 Å². The van der Waals surface area contributed by atoms with Gasteiger partial charge in [0, 0.05) is 12.5 Å². The molecule has 5 aliphatic rings. The Balaban J connectivity index is 1.51. The summed E-state index contributed by atoms with van der Waals surface area (Å²) in [5, 5.41) is 19.8. The molecule has 0 aliphatic heterocycles. The topological polar surface area (TPSA) is 57.5 Å². The van der Waals surface area contributed by atoms with Crippen LogP contribution in [0.25, 0.3) is 0 Å². The average Bonchev–Trinajstić information content (AvgIpc) is 3.15. The molecule has 2 N–H and O–H groups in total. The third kappa shape index (κ3) is 2.73. The van der Waals surface area contributed by atoms with E-state index in [1.54, 1.807) is 0 Å². The molecule has 0 radical (unpaired) electrons. The summed E-state index contributed by atoms with van der Waals surface area (Å²) >= 11 is 0. The maximum Gasteiger partial charge on any atom is 0.162 e. The maximum absolute atomic E-state index is 13.2. The van der Waals surface area contributed by atoms with Crippen LogP contribution >= 0.6 is 0 Å². The van der Waals surface area contributed by atoms with Gasteiger partial charge in [0.1, 0.15) is 0 Å². The summed E-state index contributed by atoms with van der Waals surface area (Å²) < 4.78 is 0. The number of ketones is 1. The molecular weight excluding hydrogens is 372 g/mol. The lowest BCUT2D eigenvalue weighted by molar-refractivity contribution is -0.121. The number of allylic oxidation sites excluding steroid dienone is 3. The van der Waals surface area contributed by atoms with Crippen LogP contribution in [-0.4, -0.2) is 28.7 Å². The van der Waals surface area contributed by atoms with Gasteiger partial charge in [-0.3, -0.25) is 4.79 Å². The van der Waals surface area contributed by atoms with Crippen LogP contribution in [0.15, 0.2) is 22.8 Å². The average molecular weight is 413 g/mol. The summed E-state index contributed by atoms with van der Waals surface area (Å²) in [6, 6.07) is 0.